The number of carbonyl (C=O) groups is 3. The summed E-state index contributed by atoms with van der Waals surface area (Å²) in [4.78, 5) is 48.0. The molecule has 12 heteroatoms. The molecular formula is C38H44ClN5O6. The molecule has 11 nitrogen and oxygen atoms in total. The van der Waals surface area contributed by atoms with Crippen LogP contribution in [0.15, 0.2) is 73.1 Å². The van der Waals surface area contributed by atoms with Gasteiger partial charge in [0.2, 0.25) is 0 Å². The van der Waals surface area contributed by atoms with Crippen LogP contribution in [-0.4, -0.2) is 51.9 Å². The Morgan fingerprint density at radius 3 is 2.30 bits per heavy atom. The van der Waals surface area contributed by atoms with Crippen molar-refractivity contribution in [2.75, 3.05) is 17.3 Å². The molecule has 1 amide bonds. The Kier molecular flexibility index (Phi) is 12.1. The van der Waals surface area contributed by atoms with Crippen molar-refractivity contribution >= 4 is 47.1 Å². The molecule has 50 heavy (non-hydrogen) atoms. The fourth-order valence-electron chi connectivity index (χ4n) is 5.44. The van der Waals surface area contributed by atoms with Crippen LogP contribution in [-0.2, 0) is 11.3 Å². The molecule has 264 valence electrons. The second-order valence-electron chi connectivity index (χ2n) is 14.0. The normalized spacial score (nSPS) is 12.1. The lowest BCUT2D eigenvalue weighted by atomic mass is 9.82. The van der Waals surface area contributed by atoms with Crippen molar-refractivity contribution in [3.8, 4) is 17.2 Å². The lowest BCUT2D eigenvalue weighted by molar-refractivity contribution is -0.137. The van der Waals surface area contributed by atoms with E-state index >= 15 is 0 Å². The van der Waals surface area contributed by atoms with E-state index in [0.717, 1.165) is 5.56 Å². The summed E-state index contributed by atoms with van der Waals surface area (Å²) in [7, 11) is 1.59. The molecular weight excluding hydrogens is 658 g/mol. The quantitative estimate of drug-likeness (QED) is 0.110. The number of amides is 1. The first-order valence-electron chi connectivity index (χ1n) is 16.2. The number of rotatable bonds is 14. The number of hydrogen-bond acceptors (Lipinski definition) is 9. The van der Waals surface area contributed by atoms with Gasteiger partial charge in [0.25, 0.3) is 5.91 Å². The highest BCUT2D eigenvalue weighted by Gasteiger charge is 2.34. The molecule has 1 atom stereocenters. The maximum absolute atomic E-state index is 12.8. The molecule has 0 saturated carbocycles. The number of nitrogens with one attached hydrogen (secondary N) is 2. The van der Waals surface area contributed by atoms with Gasteiger partial charge in [-0.1, -0.05) is 50.6 Å². The van der Waals surface area contributed by atoms with Gasteiger partial charge in [-0.05, 0) is 86.7 Å². The zero-order chi connectivity index (χ0) is 36.6. The van der Waals surface area contributed by atoms with E-state index in [9.17, 15) is 19.5 Å². The van der Waals surface area contributed by atoms with E-state index in [4.69, 9.17) is 21.1 Å². The molecule has 4 aromatic rings. The Hall–Kier alpha value is -5.16. The van der Waals surface area contributed by atoms with Gasteiger partial charge < -0.3 is 30.1 Å². The number of carbonyl (C=O) groups excluding carboxylic acids is 2. The van der Waals surface area contributed by atoms with Gasteiger partial charge in [0.1, 0.15) is 35.2 Å². The van der Waals surface area contributed by atoms with E-state index in [0.29, 0.717) is 53.6 Å². The van der Waals surface area contributed by atoms with Crippen LogP contribution < -0.4 is 25.0 Å². The topological polar surface area (TPSA) is 143 Å². The van der Waals surface area contributed by atoms with Crippen LogP contribution in [0.4, 0.5) is 17.3 Å². The maximum Gasteiger partial charge on any atom is 0.303 e. The highest BCUT2D eigenvalue weighted by molar-refractivity contribution is 6.32. The van der Waals surface area contributed by atoms with Crippen LogP contribution in [0.5, 0.6) is 17.2 Å². The van der Waals surface area contributed by atoms with Crippen LogP contribution in [0.25, 0.3) is 0 Å². The molecule has 0 fully saturated rings. The molecule has 1 aromatic heterocycles. The minimum Gasteiger partial charge on any atom is -0.497 e. The minimum absolute atomic E-state index is 0.0605. The summed E-state index contributed by atoms with van der Waals surface area (Å²) in [5.41, 5.74) is 1.33. The Labute approximate surface area is 298 Å². The summed E-state index contributed by atoms with van der Waals surface area (Å²) in [5.74, 6) is 0.980. The number of carboxylic acid groups (broad SMARTS) is 1. The molecule has 1 unspecified atom stereocenters. The number of halogens is 1. The van der Waals surface area contributed by atoms with Crippen molar-refractivity contribution in [1.29, 1.82) is 0 Å². The highest BCUT2D eigenvalue weighted by atomic mass is 35.5. The molecule has 0 saturated heterocycles. The predicted molar refractivity (Wildman–Crippen MR) is 195 cm³/mol. The molecule has 0 bridgehead atoms. The smallest absolute Gasteiger partial charge is 0.303 e. The van der Waals surface area contributed by atoms with E-state index in [1.165, 1.54) is 6.33 Å². The minimum atomic E-state index is -0.910. The number of methoxy groups -OCH3 is 1. The third kappa shape index (κ3) is 10.2. The van der Waals surface area contributed by atoms with Gasteiger partial charge in [-0.25, -0.2) is 9.97 Å². The average molecular weight is 702 g/mol. The third-order valence-electron chi connectivity index (χ3n) is 7.78. The number of nitrogens with zero attached hydrogens (tertiary/aromatic N) is 3. The number of carboxylic acids is 1. The summed E-state index contributed by atoms with van der Waals surface area (Å²) in [5, 5.41) is 16.0. The molecule has 3 aromatic carbocycles. The number of aliphatic carboxylic acids is 1. The van der Waals surface area contributed by atoms with Crippen molar-refractivity contribution < 1.29 is 29.0 Å². The SMILES string of the molecule is COc1ccc(CN(c2ncnc(Nc3ccc(Oc4cccc(C(=O)NC(C)(C)C)c4)c(Cl)c3)c2C=O)C(CCC(=O)O)C(C)(C)C)cc1. The molecule has 0 aliphatic carbocycles. The number of anilines is 3. The summed E-state index contributed by atoms with van der Waals surface area (Å²) in [6.07, 6.45) is 2.32. The average Bonchev–Trinajstić information content (AvgIpc) is 3.04. The van der Waals surface area contributed by atoms with E-state index in [1.54, 1.807) is 49.6 Å². The van der Waals surface area contributed by atoms with Gasteiger partial charge >= 0.3 is 5.97 Å². The van der Waals surface area contributed by atoms with Crippen LogP contribution in [0.3, 0.4) is 0 Å². The maximum atomic E-state index is 12.8. The van der Waals surface area contributed by atoms with E-state index in [2.05, 4.69) is 20.6 Å². The molecule has 1 heterocycles. The zero-order valence-electron chi connectivity index (χ0n) is 29.4. The Balaban J connectivity index is 1.65. The molecule has 0 spiro atoms. The van der Waals surface area contributed by atoms with Crippen LogP contribution >= 0.6 is 11.6 Å². The summed E-state index contributed by atoms with van der Waals surface area (Å²) in [6, 6.07) is 19.1. The first-order chi connectivity index (χ1) is 23.6. The van der Waals surface area contributed by atoms with E-state index in [-0.39, 0.29) is 40.2 Å². The number of benzene rings is 3. The van der Waals surface area contributed by atoms with Gasteiger partial charge in [0.05, 0.1) is 17.7 Å². The fourth-order valence-corrected chi connectivity index (χ4v) is 5.66. The fraction of sp³-hybridized carbons (Fsp3) is 0.342. The molecule has 4 rings (SSSR count). The Morgan fingerprint density at radius 1 is 0.980 bits per heavy atom. The molecule has 0 aliphatic rings. The third-order valence-corrected chi connectivity index (χ3v) is 8.07. The molecule has 0 aliphatic heterocycles. The van der Waals surface area contributed by atoms with Crippen molar-refractivity contribution in [3.05, 3.63) is 94.8 Å². The first-order valence-corrected chi connectivity index (χ1v) is 16.5. The molecule has 3 N–H and O–H groups in total. The Morgan fingerprint density at radius 2 is 1.70 bits per heavy atom. The number of hydrogen-bond donors (Lipinski definition) is 3. The van der Waals surface area contributed by atoms with Gasteiger partial charge in [0.15, 0.2) is 6.29 Å². The van der Waals surface area contributed by atoms with Gasteiger partial charge in [-0.15, -0.1) is 0 Å². The van der Waals surface area contributed by atoms with Crippen LogP contribution in [0.2, 0.25) is 5.02 Å². The predicted octanol–water partition coefficient (Wildman–Crippen LogP) is 8.30. The lowest BCUT2D eigenvalue weighted by Crippen LogP contribution is -2.45. The number of ether oxygens (including phenoxy) is 2. The van der Waals surface area contributed by atoms with Crippen molar-refractivity contribution in [2.24, 2.45) is 5.41 Å². The van der Waals surface area contributed by atoms with Gasteiger partial charge in [-0.3, -0.25) is 14.4 Å². The number of aromatic nitrogens is 2. The summed E-state index contributed by atoms with van der Waals surface area (Å²) < 4.78 is 11.3. The van der Waals surface area contributed by atoms with Crippen molar-refractivity contribution in [2.45, 2.75) is 72.5 Å². The first kappa shape index (κ1) is 37.7. The number of aldehydes is 1. The van der Waals surface area contributed by atoms with Crippen molar-refractivity contribution in [1.82, 2.24) is 15.3 Å². The van der Waals surface area contributed by atoms with Crippen LogP contribution in [0.1, 0.15) is 80.7 Å². The zero-order valence-corrected chi connectivity index (χ0v) is 30.2. The monoisotopic (exact) mass is 701 g/mol. The second-order valence-corrected chi connectivity index (χ2v) is 14.4. The second kappa shape index (κ2) is 16.0. The lowest BCUT2D eigenvalue weighted by Gasteiger charge is -2.41. The van der Waals surface area contributed by atoms with Gasteiger partial charge in [-0.2, -0.15) is 0 Å². The summed E-state index contributed by atoms with van der Waals surface area (Å²) in [6.45, 7) is 12.2. The largest absolute Gasteiger partial charge is 0.497 e. The van der Waals surface area contributed by atoms with E-state index < -0.39 is 11.5 Å². The highest BCUT2D eigenvalue weighted by Crippen LogP contribution is 2.37. The Bertz CT molecular complexity index is 1820. The van der Waals surface area contributed by atoms with Crippen molar-refractivity contribution in [3.63, 3.8) is 0 Å². The van der Waals surface area contributed by atoms with E-state index in [1.807, 2.05) is 70.7 Å². The summed E-state index contributed by atoms with van der Waals surface area (Å²) >= 11 is 6.64. The molecule has 0 radical (unpaired) electrons. The van der Waals surface area contributed by atoms with Crippen LogP contribution in [0, 0.1) is 5.41 Å². The standard InChI is InChI=1S/C38H44ClN5O6/c1-37(2,3)32(17-18-33(46)47)44(21-24-11-14-27(49-7)15-12-24)35-29(22-45)34(40-23-41-35)42-26-13-16-31(30(39)20-26)50-28-10-8-9-25(19-28)36(48)43-38(4,5)6/h8-16,19-20,22-23,32H,17-18,21H2,1-7H3,(H,43,48)(H,46,47)(H,40,41,42). The van der Waals surface area contributed by atoms with Gasteiger partial charge in [0, 0.05) is 35.8 Å².